The SMILES string of the molecule is CCC(F)(F)C(F)(F)C(F)(F)C(F)(F)C(F)(F)C(F)(F)CCSCCC(=O)NC(CO)(CO[C@@H]1O[C@H](CO)[C@@H](O)[C@H](O)[C@H]1O)CO[C@@H]1O[C@H](CO)[C@@H](O)[C@H](O)[C@H]1O. The average Bonchev–Trinajstić information content (AvgIpc) is 3.14. The summed E-state index contributed by atoms with van der Waals surface area (Å²) in [5, 5.41) is 91.9. The number of ether oxygens (including phenoxy) is 4. The zero-order valence-corrected chi connectivity index (χ0v) is 30.2. The van der Waals surface area contributed by atoms with Gasteiger partial charge in [-0.15, -0.1) is 0 Å². The molecule has 2 aliphatic heterocycles. The molecule has 57 heavy (non-hydrogen) atoms. The smallest absolute Gasteiger partial charge is 0.384 e. The van der Waals surface area contributed by atoms with E-state index in [4.69, 9.17) is 18.9 Å². The molecule has 15 nitrogen and oxygen atoms in total. The standard InChI is InChI=1S/C29H43F12NO14S/c1-2-24(30,31)26(34,35)28(38,39)29(40,41)27(36,37)25(32,33)4-6-57-5-3-14(46)42-23(9-45,10-53-21-19(51)17(49)15(47)12(7-43)55-21)11-54-22-20(52)18(50)16(48)13(8-44)56-22/h12-13,15-22,43-45,47-52H,2-11H2,1H3,(H,42,46)/t12-,13-,15-,16-,17+,18+,19-,20-,21-,22-/m1/s1. The molecule has 10 atom stereocenters. The molecule has 0 unspecified atom stereocenters. The minimum Gasteiger partial charge on any atom is -0.394 e. The van der Waals surface area contributed by atoms with Crippen LogP contribution in [0.2, 0.25) is 0 Å². The maximum atomic E-state index is 14.3. The number of aliphatic hydroxyl groups excluding tert-OH is 9. The van der Waals surface area contributed by atoms with E-state index in [-0.39, 0.29) is 18.7 Å². The van der Waals surface area contributed by atoms with Crippen LogP contribution >= 0.6 is 11.8 Å². The van der Waals surface area contributed by atoms with Gasteiger partial charge in [0.05, 0.1) is 33.0 Å². The molecule has 0 radical (unpaired) electrons. The molecule has 0 saturated carbocycles. The Hall–Kier alpha value is -1.54. The monoisotopic (exact) mass is 889 g/mol. The van der Waals surface area contributed by atoms with E-state index in [1.165, 1.54) is 0 Å². The molecule has 0 aromatic rings. The quantitative estimate of drug-likeness (QED) is 0.0473. The van der Waals surface area contributed by atoms with E-state index in [2.05, 4.69) is 5.32 Å². The first-order valence-corrected chi connectivity index (χ1v) is 17.8. The van der Waals surface area contributed by atoms with Crippen LogP contribution in [0.1, 0.15) is 26.2 Å². The first-order valence-electron chi connectivity index (χ1n) is 16.6. The van der Waals surface area contributed by atoms with Gasteiger partial charge in [-0.1, -0.05) is 6.92 Å². The van der Waals surface area contributed by atoms with E-state index in [9.17, 15) is 103 Å². The van der Waals surface area contributed by atoms with Gasteiger partial charge in [0.1, 0.15) is 54.4 Å². The Kier molecular flexibility index (Phi) is 17.6. The largest absolute Gasteiger partial charge is 0.394 e. The summed E-state index contributed by atoms with van der Waals surface area (Å²) in [6.45, 7) is -4.96. The lowest BCUT2D eigenvalue weighted by Gasteiger charge is -2.43. The molecule has 0 aliphatic carbocycles. The van der Waals surface area contributed by atoms with Crippen molar-refractivity contribution in [1.82, 2.24) is 5.32 Å². The van der Waals surface area contributed by atoms with Gasteiger partial charge < -0.3 is 70.2 Å². The van der Waals surface area contributed by atoms with E-state index in [0.29, 0.717) is 0 Å². The number of carbonyl (C=O) groups excluding carboxylic acids is 1. The maximum Gasteiger partial charge on any atom is 0.384 e. The van der Waals surface area contributed by atoms with Crippen LogP contribution in [0, 0.1) is 0 Å². The fourth-order valence-electron chi connectivity index (χ4n) is 5.20. The van der Waals surface area contributed by atoms with Crippen molar-refractivity contribution in [2.24, 2.45) is 0 Å². The van der Waals surface area contributed by atoms with Crippen LogP contribution < -0.4 is 5.32 Å². The van der Waals surface area contributed by atoms with Crippen LogP contribution in [-0.2, 0) is 23.7 Å². The number of amides is 1. The number of alkyl halides is 12. The number of hydrogen-bond donors (Lipinski definition) is 10. The van der Waals surface area contributed by atoms with Crippen molar-refractivity contribution in [1.29, 1.82) is 0 Å². The third-order valence-electron chi connectivity index (χ3n) is 9.03. The van der Waals surface area contributed by atoms with E-state index in [1.807, 2.05) is 0 Å². The van der Waals surface area contributed by atoms with Gasteiger partial charge in [-0.05, 0) is 5.75 Å². The first kappa shape index (κ1) is 51.6. The molecular weight excluding hydrogens is 846 g/mol. The van der Waals surface area contributed by atoms with Crippen molar-refractivity contribution >= 4 is 17.7 Å². The van der Waals surface area contributed by atoms with Crippen LogP contribution in [0.15, 0.2) is 0 Å². The highest BCUT2D eigenvalue weighted by Gasteiger charge is 2.89. The molecule has 0 spiro atoms. The molecule has 28 heteroatoms. The van der Waals surface area contributed by atoms with Crippen LogP contribution in [-0.4, -0.2) is 199 Å². The molecule has 2 fully saturated rings. The summed E-state index contributed by atoms with van der Waals surface area (Å²) >= 11 is 0.113. The number of rotatable bonds is 22. The van der Waals surface area contributed by atoms with E-state index in [0.717, 1.165) is 0 Å². The van der Waals surface area contributed by atoms with Gasteiger partial charge in [-0.3, -0.25) is 4.79 Å². The average molecular weight is 890 g/mol. The van der Waals surface area contributed by atoms with Crippen molar-refractivity contribution in [3.8, 4) is 0 Å². The molecule has 2 rings (SSSR count). The summed E-state index contributed by atoms with van der Waals surface area (Å²) in [5.74, 6) is -45.4. The molecule has 0 aromatic heterocycles. The molecule has 2 heterocycles. The Morgan fingerprint density at radius 1 is 0.614 bits per heavy atom. The van der Waals surface area contributed by atoms with Crippen LogP contribution in [0.4, 0.5) is 52.7 Å². The lowest BCUT2D eigenvalue weighted by molar-refractivity contribution is -0.425. The molecule has 0 bridgehead atoms. The lowest BCUT2D eigenvalue weighted by Crippen LogP contribution is -2.70. The Morgan fingerprint density at radius 3 is 1.39 bits per heavy atom. The van der Waals surface area contributed by atoms with Crippen LogP contribution in [0.3, 0.4) is 0 Å². The zero-order valence-electron chi connectivity index (χ0n) is 29.4. The Labute approximate surface area is 318 Å². The molecule has 1 amide bonds. The van der Waals surface area contributed by atoms with Crippen molar-refractivity contribution in [3.63, 3.8) is 0 Å². The zero-order chi connectivity index (χ0) is 44.2. The van der Waals surface area contributed by atoms with Gasteiger partial charge in [-0.2, -0.15) is 64.4 Å². The predicted octanol–water partition coefficient (Wildman–Crippen LogP) is -0.798. The van der Waals surface area contributed by atoms with Crippen molar-refractivity contribution in [2.75, 3.05) is 44.5 Å². The van der Waals surface area contributed by atoms with E-state index in [1.54, 1.807) is 0 Å². The molecule has 2 aliphatic rings. The highest BCUT2D eigenvalue weighted by Crippen LogP contribution is 2.61. The molecule has 338 valence electrons. The van der Waals surface area contributed by atoms with E-state index >= 15 is 0 Å². The summed E-state index contributed by atoms with van der Waals surface area (Å²) in [7, 11) is 0. The number of carbonyl (C=O) groups is 1. The fraction of sp³-hybridized carbons (Fsp3) is 0.966. The van der Waals surface area contributed by atoms with Gasteiger partial charge in [0.15, 0.2) is 12.6 Å². The van der Waals surface area contributed by atoms with Crippen molar-refractivity contribution in [2.45, 2.75) is 129 Å². The predicted molar refractivity (Wildman–Crippen MR) is 164 cm³/mol. The summed E-state index contributed by atoms with van der Waals surface area (Å²) in [6, 6.07) is 0. The Balaban J connectivity index is 2.18. The van der Waals surface area contributed by atoms with Crippen LogP contribution in [0.5, 0.6) is 0 Å². The normalized spacial score (nSPS) is 30.1. The Bertz CT molecular complexity index is 1250. The third-order valence-corrected chi connectivity index (χ3v) is 10.0. The topological polar surface area (TPSA) is 248 Å². The molecule has 2 saturated heterocycles. The molecule has 10 N–H and O–H groups in total. The van der Waals surface area contributed by atoms with Crippen molar-refractivity contribution < 1.29 is 122 Å². The number of aliphatic hydroxyl groups is 9. The van der Waals surface area contributed by atoms with E-state index < -0.39 is 172 Å². The minimum atomic E-state index is -7.72. The number of nitrogens with one attached hydrogen (secondary N) is 1. The second kappa shape index (κ2) is 19.4. The lowest BCUT2D eigenvalue weighted by atomic mass is 9.90. The number of thioether (sulfide) groups is 1. The second-order valence-corrected chi connectivity index (χ2v) is 14.4. The fourth-order valence-corrected chi connectivity index (χ4v) is 6.13. The summed E-state index contributed by atoms with van der Waals surface area (Å²) in [4.78, 5) is 12.9. The van der Waals surface area contributed by atoms with Gasteiger partial charge in [0.25, 0.3) is 0 Å². The minimum absolute atomic E-state index is 0.113. The summed E-state index contributed by atoms with van der Waals surface area (Å²) < 4.78 is 188. The number of halogens is 12. The highest BCUT2D eigenvalue weighted by molar-refractivity contribution is 7.99. The first-order chi connectivity index (χ1) is 26.0. The second-order valence-electron chi connectivity index (χ2n) is 13.2. The van der Waals surface area contributed by atoms with Gasteiger partial charge in [-0.25, -0.2) is 0 Å². The van der Waals surface area contributed by atoms with Gasteiger partial charge >= 0.3 is 35.5 Å². The summed E-state index contributed by atoms with van der Waals surface area (Å²) in [6.07, 6.45) is -24.1. The van der Waals surface area contributed by atoms with Crippen LogP contribution in [0.25, 0.3) is 0 Å². The van der Waals surface area contributed by atoms with Crippen molar-refractivity contribution in [3.05, 3.63) is 0 Å². The third kappa shape index (κ3) is 10.5. The Morgan fingerprint density at radius 2 is 1.02 bits per heavy atom. The highest BCUT2D eigenvalue weighted by atomic mass is 32.2. The molecule has 0 aromatic carbocycles. The summed E-state index contributed by atoms with van der Waals surface area (Å²) in [5.41, 5.74) is -2.26. The van der Waals surface area contributed by atoms with Gasteiger partial charge in [0.2, 0.25) is 5.91 Å². The van der Waals surface area contributed by atoms with Gasteiger partial charge in [0, 0.05) is 25.0 Å². The number of hydrogen-bond acceptors (Lipinski definition) is 15. The molecular formula is C29H43F12NO14S. The maximum absolute atomic E-state index is 14.3.